The van der Waals surface area contributed by atoms with Crippen LogP contribution >= 0.6 is 15.9 Å². The van der Waals surface area contributed by atoms with Crippen molar-refractivity contribution in [1.82, 2.24) is 0 Å². The second-order valence-electron chi connectivity index (χ2n) is 2.89. The SMILES string of the molecule is O=C(O)C(F)(F)C(O)c1cccc(Br)c1. The standard InChI is InChI=1S/C9H7BrF2O3/c10-6-3-1-2-5(4-6)7(13)9(11,12)8(14)15/h1-4,7,13H,(H,14,15). The predicted molar refractivity (Wildman–Crippen MR) is 51.7 cm³/mol. The van der Waals surface area contributed by atoms with E-state index in [4.69, 9.17) is 5.11 Å². The van der Waals surface area contributed by atoms with E-state index in [-0.39, 0.29) is 5.56 Å². The summed E-state index contributed by atoms with van der Waals surface area (Å²) in [7, 11) is 0. The lowest BCUT2D eigenvalue weighted by molar-refractivity contribution is -0.182. The minimum absolute atomic E-state index is 0.156. The van der Waals surface area contributed by atoms with Crippen molar-refractivity contribution >= 4 is 21.9 Å². The van der Waals surface area contributed by atoms with Crippen LogP contribution in [0.15, 0.2) is 28.7 Å². The highest BCUT2D eigenvalue weighted by atomic mass is 79.9. The molecular formula is C9H7BrF2O3. The Balaban J connectivity index is 3.04. The van der Waals surface area contributed by atoms with E-state index >= 15 is 0 Å². The van der Waals surface area contributed by atoms with Gasteiger partial charge in [0.15, 0.2) is 6.10 Å². The Morgan fingerprint density at radius 2 is 2.07 bits per heavy atom. The molecule has 0 aromatic heterocycles. The number of hydrogen-bond donors (Lipinski definition) is 2. The van der Waals surface area contributed by atoms with Gasteiger partial charge in [0.25, 0.3) is 0 Å². The monoisotopic (exact) mass is 280 g/mol. The lowest BCUT2D eigenvalue weighted by Gasteiger charge is -2.18. The number of hydrogen-bond acceptors (Lipinski definition) is 2. The van der Waals surface area contributed by atoms with Crippen molar-refractivity contribution in [3.05, 3.63) is 34.3 Å². The predicted octanol–water partition coefficient (Wildman–Crippen LogP) is 2.20. The molecule has 0 saturated carbocycles. The number of alkyl halides is 2. The first-order valence-corrected chi connectivity index (χ1v) is 4.69. The quantitative estimate of drug-likeness (QED) is 0.893. The summed E-state index contributed by atoms with van der Waals surface area (Å²) in [5.41, 5.74) is -0.156. The molecule has 0 radical (unpaired) electrons. The Kier molecular flexibility index (Phi) is 3.41. The number of carboxylic acid groups (broad SMARTS) is 1. The van der Waals surface area contributed by atoms with Crippen molar-refractivity contribution < 1.29 is 23.8 Å². The van der Waals surface area contributed by atoms with Crippen LogP contribution in [0.4, 0.5) is 8.78 Å². The topological polar surface area (TPSA) is 57.5 Å². The molecule has 1 atom stereocenters. The Morgan fingerprint density at radius 1 is 1.47 bits per heavy atom. The maximum atomic E-state index is 12.9. The maximum Gasteiger partial charge on any atom is 0.377 e. The summed E-state index contributed by atoms with van der Waals surface area (Å²) in [5, 5.41) is 17.4. The number of rotatable bonds is 3. The molecule has 1 unspecified atom stereocenters. The molecule has 1 aromatic carbocycles. The minimum atomic E-state index is -4.19. The Labute approximate surface area is 92.5 Å². The number of aliphatic carboxylic acids is 1. The fourth-order valence-corrected chi connectivity index (χ4v) is 1.42. The molecule has 0 bridgehead atoms. The molecule has 3 nitrogen and oxygen atoms in total. The first-order chi connectivity index (χ1) is 6.85. The Bertz CT molecular complexity index is 381. The highest BCUT2D eigenvalue weighted by Crippen LogP contribution is 2.32. The number of halogens is 3. The maximum absolute atomic E-state index is 12.9. The molecular weight excluding hydrogens is 274 g/mol. The highest BCUT2D eigenvalue weighted by molar-refractivity contribution is 9.10. The van der Waals surface area contributed by atoms with Crippen LogP contribution in [0.1, 0.15) is 11.7 Å². The first kappa shape index (κ1) is 12.1. The van der Waals surface area contributed by atoms with Gasteiger partial charge in [-0.1, -0.05) is 28.1 Å². The van der Waals surface area contributed by atoms with Crippen molar-refractivity contribution in [2.45, 2.75) is 12.0 Å². The van der Waals surface area contributed by atoms with Crippen LogP contribution in [0.3, 0.4) is 0 Å². The molecule has 0 heterocycles. The Hall–Kier alpha value is -1.01. The zero-order valence-corrected chi connectivity index (χ0v) is 8.91. The highest BCUT2D eigenvalue weighted by Gasteiger charge is 2.47. The van der Waals surface area contributed by atoms with Crippen LogP contribution in [0, 0.1) is 0 Å². The zero-order chi connectivity index (χ0) is 11.6. The van der Waals surface area contributed by atoms with Gasteiger partial charge in [0.05, 0.1) is 0 Å². The van der Waals surface area contributed by atoms with Crippen LogP contribution < -0.4 is 0 Å². The van der Waals surface area contributed by atoms with Gasteiger partial charge in [-0.25, -0.2) is 4.79 Å². The third-order valence-corrected chi connectivity index (χ3v) is 2.29. The van der Waals surface area contributed by atoms with Crippen molar-refractivity contribution in [2.24, 2.45) is 0 Å². The van der Waals surface area contributed by atoms with Crippen LogP contribution in [0.2, 0.25) is 0 Å². The smallest absolute Gasteiger partial charge is 0.377 e. The van der Waals surface area contributed by atoms with Crippen LogP contribution in [-0.2, 0) is 4.79 Å². The molecule has 82 valence electrons. The summed E-state index contributed by atoms with van der Waals surface area (Å²) in [4.78, 5) is 10.2. The summed E-state index contributed by atoms with van der Waals surface area (Å²) >= 11 is 3.03. The number of aliphatic hydroxyl groups excluding tert-OH is 1. The molecule has 0 aliphatic rings. The van der Waals surface area contributed by atoms with Gasteiger partial charge in [-0.05, 0) is 17.7 Å². The van der Waals surface area contributed by atoms with Crippen molar-refractivity contribution in [2.75, 3.05) is 0 Å². The molecule has 0 saturated heterocycles. The van der Waals surface area contributed by atoms with E-state index in [0.29, 0.717) is 4.47 Å². The van der Waals surface area contributed by atoms with Gasteiger partial charge < -0.3 is 10.2 Å². The van der Waals surface area contributed by atoms with Crippen molar-refractivity contribution in [1.29, 1.82) is 0 Å². The number of carbonyl (C=O) groups is 1. The summed E-state index contributed by atoms with van der Waals surface area (Å²) in [6.45, 7) is 0. The van der Waals surface area contributed by atoms with E-state index in [2.05, 4.69) is 15.9 Å². The van der Waals surface area contributed by atoms with Gasteiger partial charge in [-0.2, -0.15) is 8.78 Å². The van der Waals surface area contributed by atoms with E-state index in [1.807, 2.05) is 0 Å². The second-order valence-corrected chi connectivity index (χ2v) is 3.80. The number of carboxylic acids is 1. The van der Waals surface area contributed by atoms with Gasteiger partial charge >= 0.3 is 11.9 Å². The molecule has 0 fully saturated rings. The number of benzene rings is 1. The fourth-order valence-electron chi connectivity index (χ4n) is 1.00. The molecule has 0 amide bonds. The third kappa shape index (κ3) is 2.51. The summed E-state index contributed by atoms with van der Waals surface area (Å²) in [5.74, 6) is -6.55. The molecule has 0 spiro atoms. The first-order valence-electron chi connectivity index (χ1n) is 3.90. The molecule has 0 aliphatic heterocycles. The fraction of sp³-hybridized carbons (Fsp3) is 0.222. The number of aliphatic hydroxyl groups is 1. The Morgan fingerprint density at radius 3 is 2.53 bits per heavy atom. The van der Waals surface area contributed by atoms with Crippen LogP contribution in [0.5, 0.6) is 0 Å². The molecule has 1 aromatic rings. The van der Waals surface area contributed by atoms with Gasteiger partial charge in [-0.15, -0.1) is 0 Å². The van der Waals surface area contributed by atoms with Crippen molar-refractivity contribution in [3.8, 4) is 0 Å². The van der Waals surface area contributed by atoms with Crippen LogP contribution in [0.25, 0.3) is 0 Å². The summed E-state index contributed by atoms with van der Waals surface area (Å²) in [6, 6.07) is 5.48. The zero-order valence-electron chi connectivity index (χ0n) is 7.32. The van der Waals surface area contributed by atoms with Gasteiger partial charge in [0.2, 0.25) is 0 Å². The van der Waals surface area contributed by atoms with E-state index in [0.717, 1.165) is 0 Å². The molecule has 0 aliphatic carbocycles. The third-order valence-electron chi connectivity index (χ3n) is 1.79. The van der Waals surface area contributed by atoms with E-state index < -0.39 is 18.0 Å². The molecule has 2 N–H and O–H groups in total. The molecule has 1 rings (SSSR count). The van der Waals surface area contributed by atoms with E-state index in [1.54, 1.807) is 6.07 Å². The van der Waals surface area contributed by atoms with Gasteiger partial charge in [-0.3, -0.25) is 0 Å². The molecule has 6 heteroatoms. The van der Waals surface area contributed by atoms with E-state index in [9.17, 15) is 18.7 Å². The van der Waals surface area contributed by atoms with Crippen molar-refractivity contribution in [3.63, 3.8) is 0 Å². The normalized spacial score (nSPS) is 13.6. The largest absolute Gasteiger partial charge is 0.477 e. The average molecular weight is 281 g/mol. The summed E-state index contributed by atoms with van der Waals surface area (Å²) < 4.78 is 26.3. The minimum Gasteiger partial charge on any atom is -0.477 e. The van der Waals surface area contributed by atoms with E-state index in [1.165, 1.54) is 18.2 Å². The van der Waals surface area contributed by atoms with Crippen LogP contribution in [-0.4, -0.2) is 22.1 Å². The second kappa shape index (κ2) is 4.24. The lowest BCUT2D eigenvalue weighted by atomic mass is 10.0. The average Bonchev–Trinajstić information content (AvgIpc) is 2.16. The molecule has 15 heavy (non-hydrogen) atoms. The lowest BCUT2D eigenvalue weighted by Crippen LogP contribution is -2.35. The van der Waals surface area contributed by atoms with Gasteiger partial charge in [0.1, 0.15) is 0 Å². The summed E-state index contributed by atoms with van der Waals surface area (Å²) in [6.07, 6.45) is -2.35. The van der Waals surface area contributed by atoms with Gasteiger partial charge in [0, 0.05) is 4.47 Å².